The van der Waals surface area contributed by atoms with E-state index in [2.05, 4.69) is 12.2 Å². The summed E-state index contributed by atoms with van der Waals surface area (Å²) in [5.74, 6) is -0.484. The molecule has 1 saturated carbocycles. The zero-order chi connectivity index (χ0) is 14.3. The Morgan fingerprint density at radius 2 is 1.80 bits per heavy atom. The van der Waals surface area contributed by atoms with E-state index in [0.717, 1.165) is 25.7 Å². The number of hydrogen-bond donors (Lipinski definition) is 0. The van der Waals surface area contributed by atoms with Crippen LogP contribution < -0.4 is 0 Å². The summed E-state index contributed by atoms with van der Waals surface area (Å²) >= 11 is 0. The third kappa shape index (κ3) is 2.25. The summed E-state index contributed by atoms with van der Waals surface area (Å²) in [6.45, 7) is 1.66. The Kier molecular flexibility index (Phi) is 3.36. The number of carbonyl (C=O) groups is 3. The molecule has 5 nitrogen and oxygen atoms in total. The van der Waals surface area contributed by atoms with Gasteiger partial charge in [-0.2, -0.15) is 4.90 Å². The fourth-order valence-corrected chi connectivity index (χ4v) is 3.30. The number of nitrogens with zero attached hydrogens (tertiary/aromatic N) is 1. The molecule has 20 heavy (non-hydrogen) atoms. The second-order valence-electron chi connectivity index (χ2n) is 5.97. The van der Waals surface area contributed by atoms with Crippen LogP contribution in [0.3, 0.4) is 0 Å². The van der Waals surface area contributed by atoms with E-state index in [4.69, 9.17) is 4.74 Å². The molecule has 0 aromatic rings. The maximum absolute atomic E-state index is 12.0. The van der Waals surface area contributed by atoms with Crippen molar-refractivity contribution >= 4 is 17.9 Å². The first-order valence-corrected chi connectivity index (χ1v) is 7.32. The number of amides is 3. The normalized spacial score (nSPS) is 36.4. The van der Waals surface area contributed by atoms with Crippen LogP contribution in [-0.2, 0) is 14.3 Å². The SMILES string of the molecule is CC1CC(=O)N(C(=O)OC2[C@H]3CCC=CCC[C@@H]23)C1=O. The molecule has 1 aliphatic heterocycles. The minimum Gasteiger partial charge on any atom is -0.445 e. The van der Waals surface area contributed by atoms with Crippen molar-refractivity contribution in [1.29, 1.82) is 0 Å². The van der Waals surface area contributed by atoms with Crippen LogP contribution in [0.5, 0.6) is 0 Å². The zero-order valence-electron chi connectivity index (χ0n) is 11.6. The van der Waals surface area contributed by atoms with Gasteiger partial charge in [0.1, 0.15) is 6.10 Å². The van der Waals surface area contributed by atoms with Gasteiger partial charge in [-0.05, 0) is 25.7 Å². The molecule has 3 aliphatic rings. The average Bonchev–Trinajstić information content (AvgIpc) is 2.89. The number of fused-ring (bicyclic) bond motifs is 1. The van der Waals surface area contributed by atoms with Gasteiger partial charge >= 0.3 is 6.09 Å². The number of ether oxygens (including phenoxy) is 1. The Balaban J connectivity index is 1.60. The quantitative estimate of drug-likeness (QED) is 0.545. The highest BCUT2D eigenvalue weighted by Crippen LogP contribution is 2.49. The standard InChI is InChI=1S/C15H19NO4/c1-9-8-12(17)16(14(9)18)15(19)20-13-10-6-4-2-3-5-7-11(10)13/h2-3,9-11,13H,4-8H2,1H3/t9?,10-,11+,13?. The maximum atomic E-state index is 12.0. The molecular weight excluding hydrogens is 258 g/mol. The third-order valence-electron chi connectivity index (χ3n) is 4.54. The van der Waals surface area contributed by atoms with Gasteiger partial charge in [0, 0.05) is 24.2 Å². The molecule has 0 radical (unpaired) electrons. The van der Waals surface area contributed by atoms with E-state index in [1.54, 1.807) is 6.92 Å². The predicted octanol–water partition coefficient (Wildman–Crippen LogP) is 2.26. The molecule has 108 valence electrons. The molecule has 3 amide bonds. The molecule has 2 aliphatic carbocycles. The van der Waals surface area contributed by atoms with Crippen molar-refractivity contribution in [3.8, 4) is 0 Å². The van der Waals surface area contributed by atoms with Crippen LogP contribution in [0.1, 0.15) is 39.0 Å². The second kappa shape index (κ2) is 5.04. The molecule has 5 heteroatoms. The van der Waals surface area contributed by atoms with Gasteiger partial charge in [-0.15, -0.1) is 0 Å². The van der Waals surface area contributed by atoms with Gasteiger partial charge in [0.2, 0.25) is 11.8 Å². The van der Waals surface area contributed by atoms with Crippen molar-refractivity contribution in [2.45, 2.75) is 45.1 Å². The van der Waals surface area contributed by atoms with Crippen molar-refractivity contribution in [2.75, 3.05) is 0 Å². The largest absolute Gasteiger partial charge is 0.445 e. The molecular formula is C15H19NO4. The first kappa shape index (κ1) is 13.3. The van der Waals surface area contributed by atoms with E-state index >= 15 is 0 Å². The number of rotatable bonds is 1. The highest BCUT2D eigenvalue weighted by molar-refractivity contribution is 6.14. The van der Waals surface area contributed by atoms with Crippen LogP contribution in [0.4, 0.5) is 4.79 Å². The second-order valence-corrected chi connectivity index (χ2v) is 5.97. The van der Waals surface area contributed by atoms with E-state index in [-0.39, 0.29) is 12.5 Å². The molecule has 2 fully saturated rings. The van der Waals surface area contributed by atoms with Crippen LogP contribution in [0, 0.1) is 17.8 Å². The minimum atomic E-state index is -0.769. The molecule has 1 saturated heterocycles. The summed E-state index contributed by atoms with van der Waals surface area (Å²) in [5.41, 5.74) is 0. The van der Waals surface area contributed by atoms with Crippen molar-refractivity contribution < 1.29 is 19.1 Å². The van der Waals surface area contributed by atoms with E-state index in [9.17, 15) is 14.4 Å². The lowest BCUT2D eigenvalue weighted by atomic mass is 10.1. The Morgan fingerprint density at radius 1 is 1.20 bits per heavy atom. The van der Waals surface area contributed by atoms with E-state index in [0.29, 0.717) is 16.7 Å². The molecule has 2 unspecified atom stereocenters. The van der Waals surface area contributed by atoms with E-state index in [1.165, 1.54) is 0 Å². The Labute approximate surface area is 117 Å². The average molecular weight is 277 g/mol. The first-order chi connectivity index (χ1) is 9.59. The van der Waals surface area contributed by atoms with Crippen LogP contribution in [0.25, 0.3) is 0 Å². The lowest BCUT2D eigenvalue weighted by molar-refractivity contribution is -0.137. The summed E-state index contributed by atoms with van der Waals surface area (Å²) in [6.07, 6.45) is 7.60. The first-order valence-electron chi connectivity index (χ1n) is 7.32. The van der Waals surface area contributed by atoms with Crippen molar-refractivity contribution in [2.24, 2.45) is 17.8 Å². The number of allylic oxidation sites excluding steroid dienone is 2. The summed E-state index contributed by atoms with van der Waals surface area (Å²) in [7, 11) is 0. The molecule has 0 aromatic heterocycles. The molecule has 1 heterocycles. The third-order valence-corrected chi connectivity index (χ3v) is 4.54. The topological polar surface area (TPSA) is 63.7 Å². The minimum absolute atomic E-state index is 0.107. The number of carbonyl (C=O) groups excluding carboxylic acids is 3. The van der Waals surface area contributed by atoms with Crippen molar-refractivity contribution in [3.63, 3.8) is 0 Å². The summed E-state index contributed by atoms with van der Waals surface area (Å²) in [5, 5.41) is 0. The van der Waals surface area contributed by atoms with Crippen LogP contribution >= 0.6 is 0 Å². The lowest BCUT2D eigenvalue weighted by Crippen LogP contribution is -2.37. The van der Waals surface area contributed by atoms with Crippen LogP contribution in [0.15, 0.2) is 12.2 Å². The van der Waals surface area contributed by atoms with Gasteiger partial charge in [-0.1, -0.05) is 19.1 Å². The molecule has 4 atom stereocenters. The van der Waals surface area contributed by atoms with Gasteiger partial charge in [0.05, 0.1) is 0 Å². The number of imide groups is 3. The summed E-state index contributed by atoms with van der Waals surface area (Å²) in [6, 6.07) is 0. The molecule has 0 bridgehead atoms. The molecule has 0 aromatic carbocycles. The Bertz CT molecular complexity index is 468. The smallest absolute Gasteiger partial charge is 0.423 e. The summed E-state index contributed by atoms with van der Waals surface area (Å²) in [4.78, 5) is 36.1. The predicted molar refractivity (Wildman–Crippen MR) is 70.5 cm³/mol. The van der Waals surface area contributed by atoms with Crippen molar-refractivity contribution in [3.05, 3.63) is 12.2 Å². The van der Waals surface area contributed by atoms with Gasteiger partial charge in [-0.3, -0.25) is 9.59 Å². The Morgan fingerprint density at radius 3 is 2.30 bits per heavy atom. The molecule has 3 rings (SSSR count). The number of hydrogen-bond acceptors (Lipinski definition) is 4. The fraction of sp³-hybridized carbons (Fsp3) is 0.667. The van der Waals surface area contributed by atoms with Gasteiger partial charge in [0.15, 0.2) is 0 Å². The van der Waals surface area contributed by atoms with Gasteiger partial charge < -0.3 is 4.74 Å². The van der Waals surface area contributed by atoms with Crippen LogP contribution in [-0.4, -0.2) is 28.9 Å². The zero-order valence-corrected chi connectivity index (χ0v) is 11.6. The van der Waals surface area contributed by atoms with Gasteiger partial charge in [0.25, 0.3) is 0 Å². The monoisotopic (exact) mass is 277 g/mol. The van der Waals surface area contributed by atoms with Crippen LogP contribution in [0.2, 0.25) is 0 Å². The summed E-state index contributed by atoms with van der Waals surface area (Å²) < 4.78 is 5.41. The van der Waals surface area contributed by atoms with E-state index in [1.807, 2.05) is 0 Å². The maximum Gasteiger partial charge on any atom is 0.423 e. The highest BCUT2D eigenvalue weighted by atomic mass is 16.6. The lowest BCUT2D eigenvalue weighted by Gasteiger charge is -2.12. The highest BCUT2D eigenvalue weighted by Gasteiger charge is 2.53. The molecule has 0 N–H and O–H groups in total. The molecule has 0 spiro atoms. The van der Waals surface area contributed by atoms with E-state index < -0.39 is 23.8 Å². The Hall–Kier alpha value is -1.65. The van der Waals surface area contributed by atoms with Gasteiger partial charge in [-0.25, -0.2) is 4.79 Å². The number of likely N-dealkylation sites (tertiary alicyclic amines) is 1. The van der Waals surface area contributed by atoms with Crippen molar-refractivity contribution in [1.82, 2.24) is 4.90 Å². The fourth-order valence-electron chi connectivity index (χ4n) is 3.30.